The summed E-state index contributed by atoms with van der Waals surface area (Å²) in [6.45, 7) is 6.35. The van der Waals surface area contributed by atoms with E-state index in [0.717, 1.165) is 17.0 Å². The Morgan fingerprint density at radius 1 is 1.29 bits per heavy atom. The van der Waals surface area contributed by atoms with E-state index in [2.05, 4.69) is 31.8 Å². The van der Waals surface area contributed by atoms with Crippen LogP contribution in [0.15, 0.2) is 18.2 Å². The molecule has 0 saturated heterocycles. The van der Waals surface area contributed by atoms with Gasteiger partial charge in [-0.05, 0) is 24.5 Å². The van der Waals surface area contributed by atoms with Gasteiger partial charge in [-0.3, -0.25) is 0 Å². The molecule has 2 aromatic rings. The highest BCUT2D eigenvalue weighted by molar-refractivity contribution is 5.90. The normalized spacial score (nSPS) is 13.3. The Hall–Kier alpha value is -1.48. The molecule has 1 unspecified atom stereocenters. The summed E-state index contributed by atoms with van der Waals surface area (Å²) in [7, 11) is 1.69. The Kier molecular flexibility index (Phi) is 3.11. The number of fused-ring (bicyclic) bond motifs is 1. The molecule has 1 atom stereocenters. The Bertz CT molecular complexity index is 528. The van der Waals surface area contributed by atoms with Crippen molar-refractivity contribution in [3.05, 3.63) is 29.5 Å². The van der Waals surface area contributed by atoms with Crippen molar-refractivity contribution in [1.82, 2.24) is 4.98 Å². The number of H-pyrrole nitrogens is 1. The summed E-state index contributed by atoms with van der Waals surface area (Å²) < 4.78 is 5.36. The van der Waals surface area contributed by atoms with Crippen molar-refractivity contribution in [2.45, 2.75) is 26.8 Å². The van der Waals surface area contributed by atoms with E-state index < -0.39 is 0 Å². The van der Waals surface area contributed by atoms with Crippen LogP contribution in [-0.4, -0.2) is 12.1 Å². The molecule has 92 valence electrons. The highest BCUT2D eigenvalue weighted by Crippen LogP contribution is 2.34. The van der Waals surface area contributed by atoms with Gasteiger partial charge in [0.25, 0.3) is 0 Å². The summed E-state index contributed by atoms with van der Waals surface area (Å²) in [5, 5.41) is 1.17. The molecule has 17 heavy (non-hydrogen) atoms. The summed E-state index contributed by atoms with van der Waals surface area (Å²) in [6, 6.07) is 6.11. The number of ether oxygens (including phenoxy) is 1. The molecule has 3 heteroatoms. The first-order chi connectivity index (χ1) is 8.06. The zero-order valence-corrected chi connectivity index (χ0v) is 10.9. The van der Waals surface area contributed by atoms with Gasteiger partial charge in [0.15, 0.2) is 0 Å². The number of nitrogens with one attached hydrogen (secondary N) is 1. The number of hydrogen-bond acceptors (Lipinski definition) is 2. The second kappa shape index (κ2) is 4.41. The average molecular weight is 232 g/mol. The molecule has 1 aromatic heterocycles. The van der Waals surface area contributed by atoms with Crippen LogP contribution in [0.1, 0.15) is 31.1 Å². The van der Waals surface area contributed by atoms with Crippen molar-refractivity contribution >= 4 is 10.9 Å². The van der Waals surface area contributed by atoms with E-state index in [1.165, 1.54) is 10.9 Å². The predicted octanol–water partition coefficient (Wildman–Crippen LogP) is 3.14. The van der Waals surface area contributed by atoms with E-state index in [4.69, 9.17) is 10.5 Å². The van der Waals surface area contributed by atoms with Gasteiger partial charge in [-0.1, -0.05) is 26.0 Å². The molecule has 0 aliphatic rings. The molecule has 2 rings (SSSR count). The van der Waals surface area contributed by atoms with Crippen molar-refractivity contribution in [3.63, 3.8) is 0 Å². The molecule has 0 fully saturated rings. The van der Waals surface area contributed by atoms with Crippen LogP contribution in [-0.2, 0) is 0 Å². The number of para-hydroxylation sites is 1. The summed E-state index contributed by atoms with van der Waals surface area (Å²) in [6.07, 6.45) is 0. The molecule has 0 spiro atoms. The highest BCUT2D eigenvalue weighted by atomic mass is 16.5. The molecule has 0 bridgehead atoms. The molecular formula is C14H20N2O. The predicted molar refractivity (Wildman–Crippen MR) is 71.4 cm³/mol. The van der Waals surface area contributed by atoms with Crippen LogP contribution < -0.4 is 10.5 Å². The minimum atomic E-state index is 0.0517. The van der Waals surface area contributed by atoms with Gasteiger partial charge in [-0.25, -0.2) is 0 Å². The number of hydrogen-bond donors (Lipinski definition) is 2. The molecule has 0 radical (unpaired) electrons. The van der Waals surface area contributed by atoms with Crippen LogP contribution in [0.25, 0.3) is 10.9 Å². The van der Waals surface area contributed by atoms with Gasteiger partial charge in [0.05, 0.1) is 12.6 Å². The van der Waals surface area contributed by atoms with Gasteiger partial charge in [-0.15, -0.1) is 0 Å². The van der Waals surface area contributed by atoms with Gasteiger partial charge in [0.1, 0.15) is 5.75 Å². The number of nitrogens with two attached hydrogens (primary N) is 1. The first kappa shape index (κ1) is 12.0. The van der Waals surface area contributed by atoms with Gasteiger partial charge < -0.3 is 15.5 Å². The molecule has 0 amide bonds. The molecule has 1 heterocycles. The summed E-state index contributed by atoms with van der Waals surface area (Å²) in [5.74, 6) is 1.28. The summed E-state index contributed by atoms with van der Waals surface area (Å²) >= 11 is 0. The van der Waals surface area contributed by atoms with Crippen LogP contribution in [0, 0.1) is 12.8 Å². The summed E-state index contributed by atoms with van der Waals surface area (Å²) in [5.41, 5.74) is 9.65. The number of benzene rings is 1. The van der Waals surface area contributed by atoms with Crippen molar-refractivity contribution in [2.75, 3.05) is 7.11 Å². The van der Waals surface area contributed by atoms with E-state index in [1.54, 1.807) is 7.11 Å². The van der Waals surface area contributed by atoms with Crippen LogP contribution in [0.5, 0.6) is 5.75 Å². The quantitative estimate of drug-likeness (QED) is 0.854. The zero-order valence-electron chi connectivity index (χ0n) is 10.9. The second-order valence-corrected chi connectivity index (χ2v) is 4.82. The maximum Gasteiger partial charge on any atom is 0.142 e. The largest absolute Gasteiger partial charge is 0.495 e. The fraction of sp³-hybridized carbons (Fsp3) is 0.429. The standard InChI is InChI=1S/C14H20N2O/c1-8(2)13(15)12-9(3)16-14-10(12)6-5-7-11(14)17-4/h5-8,13,16H,15H2,1-4H3. The number of aromatic nitrogens is 1. The van der Waals surface area contributed by atoms with Gasteiger partial charge >= 0.3 is 0 Å². The lowest BCUT2D eigenvalue weighted by molar-refractivity contribution is 0.419. The monoisotopic (exact) mass is 232 g/mol. The molecule has 0 aliphatic heterocycles. The molecule has 3 nitrogen and oxygen atoms in total. The molecule has 3 N–H and O–H groups in total. The lowest BCUT2D eigenvalue weighted by Crippen LogP contribution is -2.17. The topological polar surface area (TPSA) is 51.0 Å². The smallest absolute Gasteiger partial charge is 0.142 e. The van der Waals surface area contributed by atoms with Crippen molar-refractivity contribution in [1.29, 1.82) is 0 Å². The van der Waals surface area contributed by atoms with E-state index in [9.17, 15) is 0 Å². The number of aromatic amines is 1. The van der Waals surface area contributed by atoms with E-state index in [0.29, 0.717) is 5.92 Å². The van der Waals surface area contributed by atoms with Crippen molar-refractivity contribution in [2.24, 2.45) is 11.7 Å². The Balaban J connectivity index is 2.68. The van der Waals surface area contributed by atoms with Crippen LogP contribution >= 0.6 is 0 Å². The fourth-order valence-corrected chi connectivity index (χ4v) is 2.27. The lowest BCUT2D eigenvalue weighted by atomic mass is 9.94. The van der Waals surface area contributed by atoms with E-state index in [-0.39, 0.29) is 6.04 Å². The third-order valence-electron chi connectivity index (χ3n) is 3.30. The Labute approximate surface area is 102 Å². The van der Waals surface area contributed by atoms with E-state index in [1.807, 2.05) is 12.1 Å². The Morgan fingerprint density at radius 2 is 2.00 bits per heavy atom. The number of aryl methyl sites for hydroxylation is 1. The summed E-state index contributed by atoms with van der Waals surface area (Å²) in [4.78, 5) is 3.38. The third kappa shape index (κ3) is 1.91. The van der Waals surface area contributed by atoms with Gasteiger partial charge in [0, 0.05) is 17.1 Å². The zero-order chi connectivity index (χ0) is 12.6. The van der Waals surface area contributed by atoms with Crippen LogP contribution in [0.3, 0.4) is 0 Å². The fourth-order valence-electron chi connectivity index (χ4n) is 2.27. The number of rotatable bonds is 3. The van der Waals surface area contributed by atoms with Crippen molar-refractivity contribution < 1.29 is 4.74 Å². The Morgan fingerprint density at radius 3 is 2.59 bits per heavy atom. The van der Waals surface area contributed by atoms with Gasteiger partial charge in [-0.2, -0.15) is 0 Å². The minimum Gasteiger partial charge on any atom is -0.495 e. The molecule has 1 aromatic carbocycles. The first-order valence-electron chi connectivity index (χ1n) is 5.97. The number of methoxy groups -OCH3 is 1. The SMILES string of the molecule is COc1cccc2c(C(N)C(C)C)c(C)[nH]c12. The van der Waals surface area contributed by atoms with Gasteiger partial charge in [0.2, 0.25) is 0 Å². The minimum absolute atomic E-state index is 0.0517. The molecular weight excluding hydrogens is 212 g/mol. The lowest BCUT2D eigenvalue weighted by Gasteiger charge is -2.16. The first-order valence-corrected chi connectivity index (χ1v) is 5.97. The van der Waals surface area contributed by atoms with Crippen LogP contribution in [0.2, 0.25) is 0 Å². The molecule has 0 saturated carbocycles. The second-order valence-electron chi connectivity index (χ2n) is 4.82. The highest BCUT2D eigenvalue weighted by Gasteiger charge is 2.19. The third-order valence-corrected chi connectivity index (χ3v) is 3.30. The maximum absolute atomic E-state index is 6.28. The van der Waals surface area contributed by atoms with Crippen LogP contribution in [0.4, 0.5) is 0 Å². The average Bonchev–Trinajstić information content (AvgIpc) is 2.63. The van der Waals surface area contributed by atoms with Crippen molar-refractivity contribution in [3.8, 4) is 5.75 Å². The van der Waals surface area contributed by atoms with E-state index >= 15 is 0 Å². The molecule has 0 aliphatic carbocycles. The maximum atomic E-state index is 6.28.